The van der Waals surface area contributed by atoms with Crippen molar-refractivity contribution in [3.63, 3.8) is 0 Å². The monoisotopic (exact) mass is 432 g/mol. The Morgan fingerprint density at radius 1 is 1.31 bits per heavy atom. The summed E-state index contributed by atoms with van der Waals surface area (Å²) in [5.41, 5.74) is 2.08. The lowest BCUT2D eigenvalue weighted by Crippen LogP contribution is -2.44. The lowest BCUT2D eigenvalue weighted by atomic mass is 9.86. The molecule has 0 fully saturated rings. The number of esters is 2. The SMILES string of the molecule is CC[C@@]1(O)C(=O)OCc2c1cc1n(c2=O)Cc2cc3cc(C=CC(=O)OC)ccc3nc2-1. The van der Waals surface area contributed by atoms with Crippen LogP contribution >= 0.6 is 0 Å². The molecule has 0 aliphatic carbocycles. The van der Waals surface area contributed by atoms with Crippen LogP contribution in [-0.2, 0) is 37.8 Å². The molecule has 32 heavy (non-hydrogen) atoms. The van der Waals surface area contributed by atoms with E-state index in [1.54, 1.807) is 23.6 Å². The molecule has 0 unspecified atom stereocenters. The number of hydrogen-bond donors (Lipinski definition) is 1. The summed E-state index contributed by atoms with van der Waals surface area (Å²) in [7, 11) is 1.32. The maximum Gasteiger partial charge on any atom is 0.343 e. The van der Waals surface area contributed by atoms with E-state index in [4.69, 9.17) is 9.72 Å². The molecule has 5 rings (SSSR count). The predicted molar refractivity (Wildman–Crippen MR) is 116 cm³/mol. The van der Waals surface area contributed by atoms with E-state index in [0.29, 0.717) is 29.1 Å². The number of benzene rings is 1. The van der Waals surface area contributed by atoms with Gasteiger partial charge in [-0.15, -0.1) is 0 Å². The molecule has 1 atom stereocenters. The number of methoxy groups -OCH3 is 1. The summed E-state index contributed by atoms with van der Waals surface area (Å²) < 4.78 is 11.3. The van der Waals surface area contributed by atoms with Gasteiger partial charge in [-0.05, 0) is 42.3 Å². The van der Waals surface area contributed by atoms with Crippen LogP contribution in [0.15, 0.2) is 41.2 Å². The molecule has 2 aliphatic rings. The molecular weight excluding hydrogens is 412 g/mol. The number of ether oxygens (including phenoxy) is 2. The number of aromatic nitrogens is 2. The summed E-state index contributed by atoms with van der Waals surface area (Å²) >= 11 is 0. The first-order valence-electron chi connectivity index (χ1n) is 10.2. The molecule has 2 aliphatic heterocycles. The summed E-state index contributed by atoms with van der Waals surface area (Å²) in [5.74, 6) is -1.18. The van der Waals surface area contributed by atoms with Crippen molar-refractivity contribution in [3.8, 4) is 11.4 Å². The second-order valence-corrected chi connectivity index (χ2v) is 7.91. The van der Waals surface area contributed by atoms with Crippen LogP contribution in [0.25, 0.3) is 28.4 Å². The molecule has 162 valence electrons. The fourth-order valence-corrected chi connectivity index (χ4v) is 4.34. The van der Waals surface area contributed by atoms with Crippen molar-refractivity contribution in [1.29, 1.82) is 0 Å². The third-order valence-electron chi connectivity index (χ3n) is 6.14. The molecule has 2 aromatic heterocycles. The zero-order chi connectivity index (χ0) is 22.6. The quantitative estimate of drug-likeness (QED) is 0.391. The maximum atomic E-state index is 13.2. The molecule has 0 radical (unpaired) electrons. The standard InChI is InChI=1S/C24H20N2O6/c1-3-24(30)17-10-19-21-15(11-26(19)22(28)16(17)12-32-23(24)29)9-14-8-13(4-6-18(14)25-21)5-7-20(27)31-2/h4-10,30H,3,11-12H2,1-2H3/t24-/m0/s1. The van der Waals surface area contributed by atoms with Gasteiger partial charge < -0.3 is 19.1 Å². The van der Waals surface area contributed by atoms with E-state index >= 15 is 0 Å². The number of cyclic esters (lactones) is 1. The minimum absolute atomic E-state index is 0.0988. The number of carbonyl (C=O) groups is 2. The van der Waals surface area contributed by atoms with Crippen molar-refractivity contribution in [3.05, 3.63) is 69.0 Å². The number of rotatable bonds is 3. The number of aliphatic hydroxyl groups is 1. The molecular formula is C24H20N2O6. The minimum Gasteiger partial charge on any atom is -0.466 e. The Morgan fingerprint density at radius 2 is 2.12 bits per heavy atom. The Labute approximate surface area is 182 Å². The van der Waals surface area contributed by atoms with Gasteiger partial charge in [-0.3, -0.25) is 4.79 Å². The van der Waals surface area contributed by atoms with Gasteiger partial charge in [0.15, 0.2) is 5.60 Å². The third kappa shape index (κ3) is 2.87. The van der Waals surface area contributed by atoms with Crippen molar-refractivity contribution in [2.24, 2.45) is 0 Å². The van der Waals surface area contributed by atoms with Gasteiger partial charge in [-0.1, -0.05) is 13.0 Å². The lowest BCUT2D eigenvalue weighted by Gasteiger charge is -2.31. The first kappa shape index (κ1) is 20.1. The molecule has 1 aromatic carbocycles. The predicted octanol–water partition coefficient (Wildman–Crippen LogP) is 2.27. The lowest BCUT2D eigenvalue weighted by molar-refractivity contribution is -0.172. The average Bonchev–Trinajstić information content (AvgIpc) is 3.16. The smallest absolute Gasteiger partial charge is 0.343 e. The van der Waals surface area contributed by atoms with Crippen molar-refractivity contribution >= 4 is 28.9 Å². The highest BCUT2D eigenvalue weighted by molar-refractivity contribution is 5.90. The van der Waals surface area contributed by atoms with Crippen LogP contribution in [0, 0.1) is 0 Å². The number of hydrogen-bond acceptors (Lipinski definition) is 7. The van der Waals surface area contributed by atoms with Gasteiger partial charge in [0.25, 0.3) is 5.56 Å². The van der Waals surface area contributed by atoms with E-state index < -0.39 is 17.5 Å². The summed E-state index contributed by atoms with van der Waals surface area (Å²) in [6, 6.07) is 9.24. The zero-order valence-corrected chi connectivity index (χ0v) is 17.5. The van der Waals surface area contributed by atoms with Crippen LogP contribution in [0.4, 0.5) is 0 Å². The van der Waals surface area contributed by atoms with Gasteiger partial charge in [0.1, 0.15) is 6.61 Å². The zero-order valence-electron chi connectivity index (χ0n) is 17.5. The maximum absolute atomic E-state index is 13.2. The third-order valence-corrected chi connectivity index (χ3v) is 6.14. The highest BCUT2D eigenvalue weighted by Gasteiger charge is 2.45. The van der Waals surface area contributed by atoms with E-state index in [2.05, 4.69) is 4.74 Å². The molecule has 3 aromatic rings. The fraction of sp³-hybridized carbons (Fsp3) is 0.250. The molecule has 0 saturated heterocycles. The van der Waals surface area contributed by atoms with Crippen LogP contribution in [-0.4, -0.2) is 33.7 Å². The summed E-state index contributed by atoms with van der Waals surface area (Å²) in [5, 5.41) is 11.8. The molecule has 0 amide bonds. The van der Waals surface area contributed by atoms with Crippen LogP contribution in [0.2, 0.25) is 0 Å². The average molecular weight is 432 g/mol. The van der Waals surface area contributed by atoms with E-state index in [-0.39, 0.29) is 18.6 Å². The van der Waals surface area contributed by atoms with E-state index in [1.165, 1.54) is 13.2 Å². The number of carbonyl (C=O) groups excluding carboxylic acids is 2. The first-order valence-corrected chi connectivity index (χ1v) is 10.2. The Balaban J connectivity index is 1.64. The Bertz CT molecular complexity index is 1400. The number of nitrogens with zero attached hydrogens (tertiary/aromatic N) is 2. The van der Waals surface area contributed by atoms with E-state index in [0.717, 1.165) is 22.0 Å². The molecule has 8 heteroatoms. The second-order valence-electron chi connectivity index (χ2n) is 7.91. The van der Waals surface area contributed by atoms with Gasteiger partial charge >= 0.3 is 11.9 Å². The van der Waals surface area contributed by atoms with Gasteiger partial charge in [0.2, 0.25) is 0 Å². The van der Waals surface area contributed by atoms with E-state index in [9.17, 15) is 19.5 Å². The van der Waals surface area contributed by atoms with Gasteiger partial charge in [-0.2, -0.15) is 0 Å². The molecule has 0 spiro atoms. The normalized spacial score (nSPS) is 18.9. The van der Waals surface area contributed by atoms with Crippen molar-refractivity contribution in [2.45, 2.75) is 32.1 Å². The number of fused-ring (bicyclic) bond motifs is 5. The Kier molecular flexibility index (Phi) is 4.49. The summed E-state index contributed by atoms with van der Waals surface area (Å²) in [6.07, 6.45) is 3.11. The van der Waals surface area contributed by atoms with Gasteiger partial charge in [0, 0.05) is 22.6 Å². The first-order chi connectivity index (χ1) is 15.4. The van der Waals surface area contributed by atoms with Crippen molar-refractivity contribution in [1.82, 2.24) is 9.55 Å². The largest absolute Gasteiger partial charge is 0.466 e. The highest BCUT2D eigenvalue weighted by atomic mass is 16.6. The van der Waals surface area contributed by atoms with Crippen LogP contribution in [0.3, 0.4) is 0 Å². The van der Waals surface area contributed by atoms with Crippen LogP contribution in [0.1, 0.15) is 35.6 Å². The molecule has 1 N–H and O–H groups in total. The second kappa shape index (κ2) is 7.13. The molecule has 0 bridgehead atoms. The minimum atomic E-state index is -1.84. The van der Waals surface area contributed by atoms with Gasteiger partial charge in [0.05, 0.1) is 36.1 Å². The fourth-order valence-electron chi connectivity index (χ4n) is 4.34. The Hall–Kier alpha value is -3.78. The van der Waals surface area contributed by atoms with Crippen molar-refractivity contribution in [2.75, 3.05) is 7.11 Å². The summed E-state index contributed by atoms with van der Waals surface area (Å²) in [4.78, 5) is 41.6. The van der Waals surface area contributed by atoms with Crippen molar-refractivity contribution < 1.29 is 24.2 Å². The molecule has 8 nitrogen and oxygen atoms in total. The Morgan fingerprint density at radius 3 is 2.88 bits per heavy atom. The number of pyridine rings is 2. The van der Waals surface area contributed by atoms with Gasteiger partial charge in [-0.25, -0.2) is 14.6 Å². The van der Waals surface area contributed by atoms with Crippen LogP contribution < -0.4 is 5.56 Å². The topological polar surface area (TPSA) is 108 Å². The van der Waals surface area contributed by atoms with Crippen LogP contribution in [0.5, 0.6) is 0 Å². The highest BCUT2D eigenvalue weighted by Crippen LogP contribution is 2.38. The summed E-state index contributed by atoms with van der Waals surface area (Å²) in [6.45, 7) is 1.85. The molecule has 0 saturated carbocycles. The van der Waals surface area contributed by atoms with E-state index in [1.807, 2.05) is 24.3 Å². The molecule has 4 heterocycles.